The highest BCUT2D eigenvalue weighted by atomic mass is 33.1. The lowest BCUT2D eigenvalue weighted by Crippen LogP contribution is -2.49. The summed E-state index contributed by atoms with van der Waals surface area (Å²) < 4.78 is 125. The molecule has 12 atom stereocenters. The quantitative estimate of drug-likeness (QED) is 0.0256. The third-order valence-corrected chi connectivity index (χ3v) is 25.7. The first-order chi connectivity index (χ1) is 55.6. The van der Waals surface area contributed by atoms with Crippen molar-refractivity contribution in [1.82, 2.24) is 40.0 Å². The van der Waals surface area contributed by atoms with Crippen molar-refractivity contribution in [3.63, 3.8) is 0 Å². The second kappa shape index (κ2) is 54.0. The molecule has 37 heteroatoms. The highest BCUT2D eigenvalue weighted by Crippen LogP contribution is 2.30. The minimum atomic E-state index is -0.587. The van der Waals surface area contributed by atoms with Gasteiger partial charge < -0.3 is 130 Å². The molecule has 0 bridgehead atoms. The van der Waals surface area contributed by atoms with Crippen LogP contribution in [0.1, 0.15) is 0 Å². The van der Waals surface area contributed by atoms with Crippen LogP contribution in [0.3, 0.4) is 0 Å². The molecule has 0 saturated carbocycles. The molecule has 14 heterocycles. The van der Waals surface area contributed by atoms with Gasteiger partial charge in [0, 0.05) is 174 Å². The lowest BCUT2D eigenvalue weighted by molar-refractivity contribution is -0.118. The van der Waals surface area contributed by atoms with Gasteiger partial charge >= 0.3 is 0 Å². The number of rotatable bonds is 66. The van der Waals surface area contributed by atoms with E-state index in [0.717, 1.165) is 150 Å². The molecule has 113 heavy (non-hydrogen) atoms. The largest absolute Gasteiger partial charge is 0.400 e. The van der Waals surface area contributed by atoms with Gasteiger partial charge in [0.25, 0.3) is 0 Å². The summed E-state index contributed by atoms with van der Waals surface area (Å²) in [6.07, 6.45) is 0.764. The first kappa shape index (κ1) is 93.8. The Balaban J connectivity index is 0.000000225. The molecule has 14 aliphatic heterocycles. The zero-order chi connectivity index (χ0) is 78.1. The molecule has 14 fully saturated rings. The van der Waals surface area contributed by atoms with Gasteiger partial charge in [0.1, 0.15) is 61.0 Å². The Morgan fingerprint density at radius 1 is 0.274 bits per heavy atom. The van der Waals surface area contributed by atoms with E-state index in [4.69, 9.17) is 109 Å². The van der Waals surface area contributed by atoms with Gasteiger partial charge in [0.2, 0.25) is 0 Å². The Hall–Kier alpha value is 0.0800. The summed E-state index contributed by atoms with van der Waals surface area (Å²) >= 11 is 0. The van der Waals surface area contributed by atoms with E-state index in [2.05, 4.69) is 40.0 Å². The highest BCUT2D eigenvalue weighted by molar-refractivity contribution is 8.77. The lowest BCUT2D eigenvalue weighted by Gasteiger charge is -2.36. The molecule has 658 valence electrons. The lowest BCUT2D eigenvalue weighted by atomic mass is 9.92. The van der Waals surface area contributed by atoms with E-state index >= 15 is 0 Å². The smallest absolute Gasteiger partial charge is 0.104 e. The van der Waals surface area contributed by atoms with Crippen LogP contribution in [0.5, 0.6) is 0 Å². The molecule has 33 nitrogen and oxygen atoms in total. The Kier molecular flexibility index (Phi) is 44.8. The summed E-state index contributed by atoms with van der Waals surface area (Å²) in [5.41, 5.74) is -1.38. The van der Waals surface area contributed by atoms with Crippen LogP contribution in [0.15, 0.2) is 0 Å². The van der Waals surface area contributed by atoms with Gasteiger partial charge in [-0.1, -0.05) is 43.2 Å². The van der Waals surface area contributed by atoms with Crippen molar-refractivity contribution in [3.8, 4) is 0 Å². The molecule has 12 unspecified atom stereocenters. The Bertz CT molecular complexity index is 2130. The normalized spacial score (nSPS) is 29.4. The van der Waals surface area contributed by atoms with Crippen molar-refractivity contribution in [2.24, 2.45) is 16.2 Å². The van der Waals surface area contributed by atoms with E-state index in [1.54, 1.807) is 0 Å². The summed E-state index contributed by atoms with van der Waals surface area (Å²) in [6.45, 7) is 42.1. The number of β-amino-alcohol motifs (C(OH)–C–C–N with tert-alkyl or cyclic N) is 2. The summed E-state index contributed by atoms with van der Waals surface area (Å²) in [4.78, 5) is 14.9. The van der Waals surface area contributed by atoms with Crippen molar-refractivity contribution >= 4 is 43.2 Å². The summed E-state index contributed by atoms with van der Waals surface area (Å²) in [6, 6.07) is 0. The number of hydrogen-bond acceptors (Lipinski definition) is 37. The van der Waals surface area contributed by atoms with Crippen LogP contribution in [0, 0.1) is 16.2 Å². The third kappa shape index (κ3) is 43.8. The van der Waals surface area contributed by atoms with Crippen LogP contribution < -0.4 is 10.6 Å². The number of piperazine rings is 4. The molecule has 0 spiro atoms. The Labute approximate surface area is 687 Å². The maximum Gasteiger partial charge on any atom is 0.104 e. The number of nitrogens with zero attached hydrogens (tertiary/aromatic N) is 6. The van der Waals surface area contributed by atoms with E-state index in [9.17, 15) is 10.2 Å². The molecule has 0 aromatic heterocycles. The standard InChI is InChI=1S/C46H82N4O16S2.C17H28O8.C12H26N4S2.CH4O/c51-37(15-53-29-45(31-55-17-39-23-61-39,32-56-18-40-24-62-40)33-57-19-41-25-63-41)13-49-5-1-47(2-6-49)9-11-67-68-12-10-48-3-7-50(8-4-48)14-38(52)16-54-30-46(34-58-20-42-26-64-42,35-59-21-43-27-65-43)36-60-22-44-28-66-44;1(13-5-22-13)18-9-17(10-19-2-14-6-23-14,11-20-3-15-7-24-15)12-21-4-16-8-25-16;1-5-15(6-2-13-1)9-11-17-18-12-10-16-7-3-14-4-8-16;1-2/h37-44,51-52H,1-36H2;13-16H,1-12H2;13-14H,1-12H2;2H,1H3. The van der Waals surface area contributed by atoms with Crippen LogP contribution >= 0.6 is 43.2 Å². The fourth-order valence-corrected chi connectivity index (χ4v) is 17.3. The van der Waals surface area contributed by atoms with Crippen molar-refractivity contribution < 1.29 is 120 Å². The van der Waals surface area contributed by atoms with Crippen molar-refractivity contribution in [2.75, 3.05) is 399 Å². The molecule has 14 aliphatic rings. The molecule has 14 saturated heterocycles. The fourth-order valence-electron chi connectivity index (χ4n) is 13.1. The third-order valence-electron chi connectivity index (χ3n) is 21.0. The summed E-state index contributed by atoms with van der Waals surface area (Å²) in [5, 5.41) is 35.8. The van der Waals surface area contributed by atoms with Crippen LogP contribution in [0.25, 0.3) is 0 Å². The van der Waals surface area contributed by atoms with E-state index in [0.29, 0.717) is 158 Å². The van der Waals surface area contributed by atoms with Crippen LogP contribution in [-0.4, -0.2) is 517 Å². The molecule has 0 amide bonds. The number of epoxide rings is 10. The average Bonchev–Trinajstić information content (AvgIpc) is 1.63. The van der Waals surface area contributed by atoms with Crippen molar-refractivity contribution in [3.05, 3.63) is 0 Å². The predicted molar refractivity (Wildman–Crippen MR) is 429 cm³/mol. The highest BCUT2D eigenvalue weighted by Gasteiger charge is 2.41. The molecular formula is C76H140N8O25S4. The predicted octanol–water partition coefficient (Wildman–Crippen LogP) is -1.76. The number of aliphatic hydroxyl groups excluding tert-OH is 3. The van der Waals surface area contributed by atoms with E-state index in [1.165, 1.54) is 77.0 Å². The molecule has 0 aromatic rings. The molecule has 14 rings (SSSR count). The maximum atomic E-state index is 11.0. The van der Waals surface area contributed by atoms with Gasteiger partial charge in [-0.15, -0.1) is 0 Å². The first-order valence-electron chi connectivity index (χ1n) is 41.8. The van der Waals surface area contributed by atoms with Gasteiger partial charge in [-0.05, 0) is 0 Å². The summed E-state index contributed by atoms with van der Waals surface area (Å²) in [7, 11) is 9.02. The van der Waals surface area contributed by atoms with E-state index in [-0.39, 0.29) is 79.7 Å². The molecule has 0 radical (unpaired) electrons. The van der Waals surface area contributed by atoms with Crippen molar-refractivity contribution in [1.29, 1.82) is 0 Å². The molecular weight excluding hydrogens is 1550 g/mol. The Morgan fingerprint density at radius 3 is 0.628 bits per heavy atom. The van der Waals surface area contributed by atoms with Gasteiger partial charge in [-0.25, -0.2) is 0 Å². The minimum Gasteiger partial charge on any atom is -0.400 e. The van der Waals surface area contributed by atoms with Crippen LogP contribution in [0.2, 0.25) is 0 Å². The second-order valence-corrected chi connectivity index (χ2v) is 37.7. The van der Waals surface area contributed by atoms with E-state index in [1.807, 2.05) is 43.2 Å². The number of hydrogen-bond donors (Lipinski definition) is 5. The molecule has 0 aromatic carbocycles. The van der Waals surface area contributed by atoms with Gasteiger partial charge in [-0.2, -0.15) is 0 Å². The minimum absolute atomic E-state index is 0.166. The topological polar surface area (TPSA) is 340 Å². The molecule has 5 N–H and O–H groups in total. The fraction of sp³-hybridized carbons (Fsp3) is 1.00. The maximum absolute atomic E-state index is 11.0. The van der Waals surface area contributed by atoms with Gasteiger partial charge in [0.15, 0.2) is 0 Å². The SMILES string of the molecule is C(OCC(COCC1CO1)(COCC1CO1)COCC1CO1)C1CO1.C1CN(CCSSCCN2CCNCC2)CCN1.CO.OC(COCC(COCC1CO1)(COCC1CO1)COCC1CO1)CN1CCN(CCSSCCN2CCN(CC(O)COCC(COCC3CO3)(COCC3CO3)COCC3CO3)CC2)CC1. The van der Waals surface area contributed by atoms with Gasteiger partial charge in [0.05, 0.1) is 253 Å². The molecule has 0 aliphatic carbocycles. The number of nitrogens with one attached hydrogen (secondary N) is 2. The van der Waals surface area contributed by atoms with Gasteiger partial charge in [-0.3, -0.25) is 29.4 Å². The average molecular weight is 1690 g/mol. The van der Waals surface area contributed by atoms with Crippen molar-refractivity contribution in [2.45, 2.75) is 73.2 Å². The summed E-state index contributed by atoms with van der Waals surface area (Å²) in [5.74, 6) is 4.73. The monoisotopic (exact) mass is 1690 g/mol. The zero-order valence-electron chi connectivity index (χ0n) is 67.5. The first-order valence-corrected chi connectivity index (χ1v) is 46.7. The number of ether oxygens (including phenoxy) is 22. The Morgan fingerprint density at radius 2 is 0.442 bits per heavy atom. The van der Waals surface area contributed by atoms with Crippen LogP contribution in [-0.2, 0) is 104 Å². The number of aliphatic hydroxyl groups is 3. The van der Waals surface area contributed by atoms with Crippen LogP contribution in [0.4, 0.5) is 0 Å². The van der Waals surface area contributed by atoms with E-state index < -0.39 is 23.0 Å². The zero-order valence-corrected chi connectivity index (χ0v) is 70.8. The second-order valence-electron chi connectivity index (χ2n) is 32.3.